The molecule has 19 heavy (non-hydrogen) atoms. The Labute approximate surface area is 121 Å². The molecule has 0 heteroatoms. The van der Waals surface area contributed by atoms with Gasteiger partial charge in [0.2, 0.25) is 0 Å². The second kappa shape index (κ2) is 12.3. The Morgan fingerprint density at radius 3 is 1.05 bits per heavy atom. The Kier molecular flexibility index (Phi) is 11.8. The Balaban J connectivity index is 0.000000342. The van der Waals surface area contributed by atoms with Crippen LogP contribution in [0.15, 0.2) is 18.2 Å². The second-order valence-electron chi connectivity index (χ2n) is 5.79. The highest BCUT2D eigenvalue weighted by Crippen LogP contribution is 2.07. The van der Waals surface area contributed by atoms with Crippen LogP contribution in [0.3, 0.4) is 0 Å². The van der Waals surface area contributed by atoms with Crippen molar-refractivity contribution in [2.75, 3.05) is 0 Å². The largest absolute Gasteiger partial charge is 0.0654 e. The number of hydrogen-bond acceptors (Lipinski definition) is 0. The first-order chi connectivity index (χ1) is 9.10. The molecule has 0 N–H and O–H groups in total. The molecule has 0 nitrogen and oxygen atoms in total. The van der Waals surface area contributed by atoms with Gasteiger partial charge in [0.1, 0.15) is 0 Å². The number of aryl methyl sites for hydroxylation is 3. The molecule has 0 atom stereocenters. The lowest BCUT2D eigenvalue weighted by Crippen LogP contribution is -1.78. The van der Waals surface area contributed by atoms with Crippen LogP contribution in [0.2, 0.25) is 0 Å². The Bertz CT molecular complexity index is 253. The van der Waals surface area contributed by atoms with E-state index in [2.05, 4.69) is 52.8 Å². The van der Waals surface area contributed by atoms with Crippen LogP contribution in [0, 0.1) is 20.8 Å². The molecule has 0 fully saturated rings. The van der Waals surface area contributed by atoms with Crippen LogP contribution in [0.1, 0.15) is 81.9 Å². The molecule has 1 aromatic carbocycles. The van der Waals surface area contributed by atoms with Gasteiger partial charge in [-0.05, 0) is 20.8 Å². The van der Waals surface area contributed by atoms with Crippen molar-refractivity contribution in [1.29, 1.82) is 0 Å². The summed E-state index contributed by atoms with van der Waals surface area (Å²) < 4.78 is 0. The molecule has 0 aliphatic rings. The van der Waals surface area contributed by atoms with E-state index in [1.54, 1.807) is 0 Å². The number of rotatable bonds is 7. The maximum atomic E-state index is 2.27. The molecule has 0 aromatic heterocycles. The smallest absolute Gasteiger partial charge is 0.0398 e. The zero-order valence-corrected chi connectivity index (χ0v) is 13.9. The Morgan fingerprint density at radius 2 is 0.789 bits per heavy atom. The van der Waals surface area contributed by atoms with Gasteiger partial charge in [0, 0.05) is 0 Å². The zero-order chi connectivity index (χ0) is 14.5. The quantitative estimate of drug-likeness (QED) is 0.476. The van der Waals surface area contributed by atoms with E-state index in [1.165, 1.54) is 68.1 Å². The van der Waals surface area contributed by atoms with E-state index < -0.39 is 0 Å². The standard InChI is InChI=1S/C10H22.C9H12/c1-3-5-7-9-10-8-6-4-2;1-7-4-8(2)6-9(3)5-7/h3-10H2,1-2H3;4-6H,1-3H3. The summed E-state index contributed by atoms with van der Waals surface area (Å²) in [5.74, 6) is 0. The molecule has 1 aromatic rings. The van der Waals surface area contributed by atoms with Crippen molar-refractivity contribution in [2.24, 2.45) is 0 Å². The third-order valence-corrected chi connectivity index (χ3v) is 3.32. The Hall–Kier alpha value is -0.780. The predicted molar refractivity (Wildman–Crippen MR) is 88.9 cm³/mol. The molecule has 0 saturated heterocycles. The molecule has 0 spiro atoms. The average Bonchev–Trinajstić information content (AvgIpc) is 2.33. The van der Waals surface area contributed by atoms with E-state index in [1.807, 2.05) is 0 Å². The van der Waals surface area contributed by atoms with Crippen LogP contribution in [0.5, 0.6) is 0 Å². The van der Waals surface area contributed by atoms with Crippen molar-refractivity contribution < 1.29 is 0 Å². The third-order valence-electron chi connectivity index (χ3n) is 3.32. The van der Waals surface area contributed by atoms with Gasteiger partial charge in [-0.25, -0.2) is 0 Å². The van der Waals surface area contributed by atoms with Crippen LogP contribution >= 0.6 is 0 Å². The van der Waals surface area contributed by atoms with E-state index in [0.29, 0.717) is 0 Å². The number of benzene rings is 1. The monoisotopic (exact) mass is 262 g/mol. The minimum absolute atomic E-state index is 1.35. The molecular weight excluding hydrogens is 228 g/mol. The summed E-state index contributed by atoms with van der Waals surface area (Å²) in [5.41, 5.74) is 4.06. The molecule has 0 bridgehead atoms. The van der Waals surface area contributed by atoms with Crippen molar-refractivity contribution in [1.82, 2.24) is 0 Å². The fraction of sp³-hybridized carbons (Fsp3) is 0.684. The van der Waals surface area contributed by atoms with Gasteiger partial charge in [-0.1, -0.05) is 100 Å². The molecule has 0 radical (unpaired) electrons. The second-order valence-corrected chi connectivity index (χ2v) is 5.79. The lowest BCUT2D eigenvalue weighted by atomic mass is 10.1. The molecule has 0 aliphatic carbocycles. The zero-order valence-electron chi connectivity index (χ0n) is 13.9. The summed E-state index contributed by atoms with van der Waals surface area (Å²) in [7, 11) is 0. The highest BCUT2D eigenvalue weighted by molar-refractivity contribution is 5.27. The summed E-state index contributed by atoms with van der Waals surface area (Å²) >= 11 is 0. The number of hydrogen-bond donors (Lipinski definition) is 0. The molecule has 0 unspecified atom stereocenters. The van der Waals surface area contributed by atoms with Crippen molar-refractivity contribution in [2.45, 2.75) is 86.0 Å². The van der Waals surface area contributed by atoms with Gasteiger partial charge in [0.05, 0.1) is 0 Å². The molecule has 1 rings (SSSR count). The minimum atomic E-state index is 1.35. The van der Waals surface area contributed by atoms with Gasteiger partial charge in [0.15, 0.2) is 0 Å². The average molecular weight is 262 g/mol. The van der Waals surface area contributed by atoms with E-state index in [0.717, 1.165) is 0 Å². The summed E-state index contributed by atoms with van der Waals surface area (Å²) in [6.07, 6.45) is 11.5. The highest BCUT2D eigenvalue weighted by Gasteiger charge is 1.88. The van der Waals surface area contributed by atoms with E-state index in [9.17, 15) is 0 Å². The van der Waals surface area contributed by atoms with E-state index in [4.69, 9.17) is 0 Å². The SMILES string of the molecule is CCCCCCCCCC.Cc1cc(C)cc(C)c1. The first kappa shape index (κ1) is 18.2. The van der Waals surface area contributed by atoms with Gasteiger partial charge in [-0.15, -0.1) is 0 Å². The predicted octanol–water partition coefficient (Wildman–Crippen LogP) is 6.76. The van der Waals surface area contributed by atoms with E-state index >= 15 is 0 Å². The van der Waals surface area contributed by atoms with Crippen LogP contribution in [0.25, 0.3) is 0 Å². The highest BCUT2D eigenvalue weighted by atomic mass is 13.9. The van der Waals surface area contributed by atoms with Crippen molar-refractivity contribution in [3.63, 3.8) is 0 Å². The molecule has 110 valence electrons. The van der Waals surface area contributed by atoms with Crippen LogP contribution in [-0.2, 0) is 0 Å². The topological polar surface area (TPSA) is 0 Å². The van der Waals surface area contributed by atoms with Gasteiger partial charge in [0.25, 0.3) is 0 Å². The first-order valence-corrected chi connectivity index (χ1v) is 8.15. The van der Waals surface area contributed by atoms with Crippen molar-refractivity contribution in [3.05, 3.63) is 34.9 Å². The van der Waals surface area contributed by atoms with Crippen LogP contribution < -0.4 is 0 Å². The number of unbranched alkanes of at least 4 members (excludes halogenated alkanes) is 7. The normalized spacial score (nSPS) is 9.95. The summed E-state index contributed by atoms with van der Waals surface area (Å²) in [6, 6.07) is 6.56. The van der Waals surface area contributed by atoms with Crippen molar-refractivity contribution in [3.8, 4) is 0 Å². The minimum Gasteiger partial charge on any atom is -0.0654 e. The fourth-order valence-corrected chi connectivity index (χ4v) is 2.41. The fourth-order valence-electron chi connectivity index (χ4n) is 2.41. The molecule has 0 heterocycles. The summed E-state index contributed by atoms with van der Waals surface area (Å²) in [4.78, 5) is 0. The lowest BCUT2D eigenvalue weighted by molar-refractivity contribution is 0.585. The third kappa shape index (κ3) is 12.0. The molecule has 0 saturated carbocycles. The molecule has 0 amide bonds. The lowest BCUT2D eigenvalue weighted by Gasteiger charge is -1.97. The van der Waals surface area contributed by atoms with Gasteiger partial charge >= 0.3 is 0 Å². The van der Waals surface area contributed by atoms with Gasteiger partial charge < -0.3 is 0 Å². The summed E-state index contributed by atoms with van der Waals surface area (Å²) in [5, 5.41) is 0. The molecule has 0 aliphatic heterocycles. The van der Waals surface area contributed by atoms with Crippen LogP contribution in [0.4, 0.5) is 0 Å². The first-order valence-electron chi connectivity index (χ1n) is 8.15. The summed E-state index contributed by atoms with van der Waals surface area (Å²) in [6.45, 7) is 10.9. The maximum absolute atomic E-state index is 2.27. The Morgan fingerprint density at radius 1 is 0.526 bits per heavy atom. The van der Waals surface area contributed by atoms with Gasteiger partial charge in [-0.2, -0.15) is 0 Å². The molecular formula is C19H34. The van der Waals surface area contributed by atoms with Gasteiger partial charge in [-0.3, -0.25) is 0 Å². The van der Waals surface area contributed by atoms with Crippen molar-refractivity contribution >= 4 is 0 Å². The van der Waals surface area contributed by atoms with E-state index in [-0.39, 0.29) is 0 Å². The van der Waals surface area contributed by atoms with Crippen LogP contribution in [-0.4, -0.2) is 0 Å². The maximum Gasteiger partial charge on any atom is -0.0398 e.